The fourth-order valence-corrected chi connectivity index (χ4v) is 3.66. The first-order valence-corrected chi connectivity index (χ1v) is 9.00. The van der Waals surface area contributed by atoms with Crippen molar-refractivity contribution in [2.24, 2.45) is 5.92 Å². The van der Waals surface area contributed by atoms with E-state index >= 15 is 0 Å². The summed E-state index contributed by atoms with van der Waals surface area (Å²) in [6.07, 6.45) is 0.603. The largest absolute Gasteiger partial charge is 0.497 e. The number of nitrogens with zero attached hydrogens (tertiary/aromatic N) is 1. The molecule has 6 heteroatoms. The molecule has 0 bridgehead atoms. The molecule has 28 heavy (non-hydrogen) atoms. The lowest BCUT2D eigenvalue weighted by Gasteiger charge is -2.16. The van der Waals surface area contributed by atoms with Gasteiger partial charge in [-0.05, 0) is 48.7 Å². The summed E-state index contributed by atoms with van der Waals surface area (Å²) in [7, 11) is 1.59. The Bertz CT molecular complexity index is 1150. The Kier molecular flexibility index (Phi) is 4.47. The van der Waals surface area contributed by atoms with E-state index in [-0.39, 0.29) is 18.2 Å². The number of rotatable bonds is 4. The predicted octanol–water partition coefficient (Wildman–Crippen LogP) is 3.23. The molecular formula is C22H19NO5. The summed E-state index contributed by atoms with van der Waals surface area (Å²) >= 11 is 0. The molecule has 1 atom stereocenters. The van der Waals surface area contributed by atoms with Crippen molar-refractivity contribution >= 4 is 28.5 Å². The normalized spacial score (nSPS) is 16.8. The standard InChI is InChI=1S/C22H19NO5/c1-13-8-21(25)28-19-12-16(6-7-18(13)19)23-20(24)11-15(22(23)26)9-14-4-3-5-17(10-14)27-2/h3-8,10,12,15H,9,11H2,1-2H3/t15-/m0/s1. The van der Waals surface area contributed by atoms with Gasteiger partial charge < -0.3 is 9.15 Å². The number of hydrogen-bond donors (Lipinski definition) is 0. The highest BCUT2D eigenvalue weighted by Crippen LogP contribution is 2.31. The summed E-state index contributed by atoms with van der Waals surface area (Å²) in [5.41, 5.74) is 2.04. The zero-order valence-corrected chi connectivity index (χ0v) is 15.6. The molecule has 0 radical (unpaired) electrons. The summed E-state index contributed by atoms with van der Waals surface area (Å²) in [5, 5.41) is 0.773. The van der Waals surface area contributed by atoms with Crippen LogP contribution in [0, 0.1) is 12.8 Å². The van der Waals surface area contributed by atoms with Gasteiger partial charge in [-0.15, -0.1) is 0 Å². The van der Waals surface area contributed by atoms with Crippen LogP contribution >= 0.6 is 0 Å². The van der Waals surface area contributed by atoms with Gasteiger partial charge in [0.25, 0.3) is 0 Å². The van der Waals surface area contributed by atoms with Gasteiger partial charge in [0.05, 0.1) is 18.7 Å². The lowest BCUT2D eigenvalue weighted by molar-refractivity contribution is -0.122. The molecule has 2 heterocycles. The van der Waals surface area contributed by atoms with E-state index < -0.39 is 11.5 Å². The van der Waals surface area contributed by atoms with E-state index in [4.69, 9.17) is 9.15 Å². The van der Waals surface area contributed by atoms with Gasteiger partial charge in [-0.3, -0.25) is 14.5 Å². The molecule has 0 unspecified atom stereocenters. The number of benzene rings is 2. The topological polar surface area (TPSA) is 76.8 Å². The van der Waals surface area contributed by atoms with Crippen molar-refractivity contribution in [3.63, 3.8) is 0 Å². The number of methoxy groups -OCH3 is 1. The summed E-state index contributed by atoms with van der Waals surface area (Å²) < 4.78 is 10.5. The van der Waals surface area contributed by atoms with Crippen LogP contribution in [-0.4, -0.2) is 18.9 Å². The van der Waals surface area contributed by atoms with Crippen molar-refractivity contribution in [1.82, 2.24) is 0 Å². The second-order valence-electron chi connectivity index (χ2n) is 6.95. The smallest absolute Gasteiger partial charge is 0.336 e. The summed E-state index contributed by atoms with van der Waals surface area (Å²) in [6.45, 7) is 1.81. The Labute approximate surface area is 161 Å². The molecule has 1 aromatic heterocycles. The molecule has 0 N–H and O–H groups in total. The lowest BCUT2D eigenvalue weighted by atomic mass is 9.98. The zero-order chi connectivity index (χ0) is 19.8. The van der Waals surface area contributed by atoms with Gasteiger partial charge in [-0.25, -0.2) is 4.79 Å². The van der Waals surface area contributed by atoms with Gasteiger partial charge in [0.2, 0.25) is 11.8 Å². The maximum absolute atomic E-state index is 12.9. The monoisotopic (exact) mass is 377 g/mol. The van der Waals surface area contributed by atoms with Crippen molar-refractivity contribution in [3.8, 4) is 5.75 Å². The molecule has 142 valence electrons. The number of aryl methyl sites for hydroxylation is 1. The molecule has 1 saturated heterocycles. The summed E-state index contributed by atoms with van der Waals surface area (Å²) in [4.78, 5) is 38.3. The predicted molar refractivity (Wildman–Crippen MR) is 105 cm³/mol. The highest BCUT2D eigenvalue weighted by molar-refractivity contribution is 6.21. The molecule has 2 aromatic carbocycles. The average molecular weight is 377 g/mol. The average Bonchev–Trinajstić information content (AvgIpc) is 2.94. The van der Waals surface area contributed by atoms with Gasteiger partial charge in [-0.2, -0.15) is 0 Å². The van der Waals surface area contributed by atoms with E-state index in [0.717, 1.165) is 16.5 Å². The van der Waals surface area contributed by atoms with Crippen LogP contribution in [0.15, 0.2) is 57.7 Å². The fraction of sp³-hybridized carbons (Fsp3) is 0.227. The minimum Gasteiger partial charge on any atom is -0.497 e. The molecule has 4 rings (SSSR count). The molecule has 1 aliphatic heterocycles. The van der Waals surface area contributed by atoms with E-state index in [9.17, 15) is 14.4 Å². The van der Waals surface area contributed by atoms with Crippen LogP contribution in [0.4, 0.5) is 5.69 Å². The van der Waals surface area contributed by atoms with Crippen molar-refractivity contribution in [2.75, 3.05) is 12.0 Å². The molecule has 1 aliphatic rings. The van der Waals surface area contributed by atoms with Gasteiger partial charge in [0.15, 0.2) is 0 Å². The number of anilines is 1. The van der Waals surface area contributed by atoms with Crippen molar-refractivity contribution in [1.29, 1.82) is 0 Å². The second kappa shape index (κ2) is 6.96. The van der Waals surface area contributed by atoms with Crippen molar-refractivity contribution < 1.29 is 18.7 Å². The number of amides is 2. The molecule has 0 saturated carbocycles. The first kappa shape index (κ1) is 18.0. The maximum atomic E-state index is 12.9. The Hall–Kier alpha value is -3.41. The molecular weight excluding hydrogens is 358 g/mol. The lowest BCUT2D eigenvalue weighted by Crippen LogP contribution is -2.30. The highest BCUT2D eigenvalue weighted by Gasteiger charge is 2.39. The third kappa shape index (κ3) is 3.17. The van der Waals surface area contributed by atoms with Crippen LogP contribution in [0.5, 0.6) is 5.75 Å². The SMILES string of the molecule is COc1cccc(C[C@H]2CC(=O)N(c3ccc4c(C)cc(=O)oc4c3)C2=O)c1. The van der Waals surface area contributed by atoms with E-state index in [0.29, 0.717) is 23.4 Å². The Morgan fingerprint density at radius 3 is 2.71 bits per heavy atom. The third-order valence-corrected chi connectivity index (χ3v) is 5.05. The number of fused-ring (bicyclic) bond motifs is 1. The van der Waals surface area contributed by atoms with Crippen LogP contribution in [0.2, 0.25) is 0 Å². The maximum Gasteiger partial charge on any atom is 0.336 e. The third-order valence-electron chi connectivity index (χ3n) is 5.05. The Morgan fingerprint density at radius 1 is 1.11 bits per heavy atom. The molecule has 3 aromatic rings. The van der Waals surface area contributed by atoms with Gasteiger partial charge in [0.1, 0.15) is 11.3 Å². The first-order valence-electron chi connectivity index (χ1n) is 9.00. The van der Waals surface area contributed by atoms with Gasteiger partial charge >= 0.3 is 5.63 Å². The Balaban J connectivity index is 1.63. The molecule has 2 amide bonds. The van der Waals surface area contributed by atoms with E-state index in [2.05, 4.69) is 0 Å². The zero-order valence-electron chi connectivity index (χ0n) is 15.6. The summed E-state index contributed by atoms with van der Waals surface area (Å²) in [5.74, 6) is -0.222. The van der Waals surface area contributed by atoms with Gasteiger partial charge in [-0.1, -0.05) is 12.1 Å². The Morgan fingerprint density at radius 2 is 1.93 bits per heavy atom. The number of carbonyl (C=O) groups is 2. The van der Waals surface area contributed by atoms with Crippen molar-refractivity contribution in [3.05, 3.63) is 70.1 Å². The number of ether oxygens (including phenoxy) is 1. The minimum absolute atomic E-state index is 0.145. The quantitative estimate of drug-likeness (QED) is 0.515. The van der Waals surface area contributed by atoms with E-state index in [1.54, 1.807) is 25.3 Å². The minimum atomic E-state index is -0.461. The fourth-order valence-electron chi connectivity index (χ4n) is 3.66. The number of hydrogen-bond acceptors (Lipinski definition) is 5. The summed E-state index contributed by atoms with van der Waals surface area (Å²) in [6, 6.07) is 13.9. The first-order chi connectivity index (χ1) is 13.5. The van der Waals surface area contributed by atoms with Crippen LogP contribution in [0.25, 0.3) is 11.0 Å². The van der Waals surface area contributed by atoms with Gasteiger partial charge in [0, 0.05) is 23.9 Å². The number of imide groups is 1. The van der Waals surface area contributed by atoms with Crippen LogP contribution in [0.1, 0.15) is 17.5 Å². The molecule has 0 aliphatic carbocycles. The van der Waals surface area contributed by atoms with Crippen LogP contribution in [-0.2, 0) is 16.0 Å². The molecule has 6 nitrogen and oxygen atoms in total. The van der Waals surface area contributed by atoms with Crippen LogP contribution in [0.3, 0.4) is 0 Å². The van der Waals surface area contributed by atoms with Crippen molar-refractivity contribution in [2.45, 2.75) is 19.8 Å². The molecule has 1 fully saturated rings. The second-order valence-corrected chi connectivity index (χ2v) is 6.95. The van der Waals surface area contributed by atoms with E-state index in [1.165, 1.54) is 11.0 Å². The van der Waals surface area contributed by atoms with E-state index in [1.807, 2.05) is 31.2 Å². The number of carbonyl (C=O) groups excluding carboxylic acids is 2. The van der Waals surface area contributed by atoms with Crippen LogP contribution < -0.4 is 15.3 Å². The molecule has 0 spiro atoms. The highest BCUT2D eigenvalue weighted by atomic mass is 16.5.